The van der Waals surface area contributed by atoms with Gasteiger partial charge >= 0.3 is 0 Å². The van der Waals surface area contributed by atoms with Gasteiger partial charge in [-0.3, -0.25) is 4.18 Å². The third-order valence-corrected chi connectivity index (χ3v) is 6.80. The standard InChI is InChI=1S/C13H22O4S/c1-6(2)8-10-11-12(18(14,15)17-10)9(7(3)4)13(8,5)16-11/h6-12H,1-5H3. The summed E-state index contributed by atoms with van der Waals surface area (Å²) in [6, 6.07) is 0. The molecule has 3 aliphatic rings. The van der Waals surface area contributed by atoms with Gasteiger partial charge in [0.1, 0.15) is 17.5 Å². The van der Waals surface area contributed by atoms with Crippen LogP contribution in [-0.4, -0.2) is 31.5 Å². The van der Waals surface area contributed by atoms with Gasteiger partial charge in [-0.05, 0) is 18.8 Å². The first-order valence-electron chi connectivity index (χ1n) is 6.80. The van der Waals surface area contributed by atoms with Gasteiger partial charge in [0.15, 0.2) is 0 Å². The lowest BCUT2D eigenvalue weighted by Crippen LogP contribution is -2.51. The maximum Gasteiger partial charge on any atom is 0.273 e. The van der Waals surface area contributed by atoms with Gasteiger partial charge in [0.05, 0.1) is 5.60 Å². The van der Waals surface area contributed by atoms with E-state index in [1.165, 1.54) is 0 Å². The lowest BCUT2D eigenvalue weighted by molar-refractivity contribution is -0.0403. The molecule has 0 radical (unpaired) electrons. The maximum atomic E-state index is 12.2. The van der Waals surface area contributed by atoms with Crippen LogP contribution in [0.4, 0.5) is 0 Å². The van der Waals surface area contributed by atoms with E-state index in [2.05, 4.69) is 34.6 Å². The van der Waals surface area contributed by atoms with E-state index in [9.17, 15) is 8.42 Å². The zero-order chi connectivity index (χ0) is 13.5. The van der Waals surface area contributed by atoms with Crippen molar-refractivity contribution in [3.8, 4) is 0 Å². The highest BCUT2D eigenvalue weighted by atomic mass is 32.2. The van der Waals surface area contributed by atoms with Crippen LogP contribution < -0.4 is 0 Å². The maximum absolute atomic E-state index is 12.2. The van der Waals surface area contributed by atoms with E-state index < -0.39 is 15.4 Å². The minimum absolute atomic E-state index is 0.0404. The highest BCUT2D eigenvalue weighted by molar-refractivity contribution is 7.87. The fourth-order valence-corrected chi connectivity index (χ4v) is 6.96. The topological polar surface area (TPSA) is 52.6 Å². The zero-order valence-corrected chi connectivity index (χ0v) is 12.4. The summed E-state index contributed by atoms with van der Waals surface area (Å²) in [6.45, 7) is 10.5. The van der Waals surface area contributed by atoms with Crippen molar-refractivity contribution >= 4 is 10.1 Å². The van der Waals surface area contributed by atoms with Crippen LogP contribution >= 0.6 is 0 Å². The molecule has 0 aromatic carbocycles. The molecule has 3 saturated heterocycles. The Labute approximate surface area is 109 Å². The average molecular weight is 274 g/mol. The predicted molar refractivity (Wildman–Crippen MR) is 67.5 cm³/mol. The van der Waals surface area contributed by atoms with Crippen molar-refractivity contribution in [1.29, 1.82) is 0 Å². The second-order valence-electron chi connectivity index (χ2n) is 6.82. The van der Waals surface area contributed by atoms with Crippen molar-refractivity contribution in [1.82, 2.24) is 0 Å². The molecule has 6 unspecified atom stereocenters. The molecule has 104 valence electrons. The van der Waals surface area contributed by atoms with E-state index in [4.69, 9.17) is 8.92 Å². The van der Waals surface area contributed by atoms with Gasteiger partial charge in [0, 0.05) is 11.8 Å². The van der Waals surface area contributed by atoms with Crippen LogP contribution in [-0.2, 0) is 19.0 Å². The largest absolute Gasteiger partial charge is 0.367 e. The molecule has 3 aliphatic heterocycles. The van der Waals surface area contributed by atoms with Gasteiger partial charge in [0.2, 0.25) is 0 Å². The summed E-state index contributed by atoms with van der Waals surface area (Å²) in [6.07, 6.45) is -0.514. The fraction of sp³-hybridized carbons (Fsp3) is 1.00. The van der Waals surface area contributed by atoms with Crippen molar-refractivity contribution in [3.63, 3.8) is 0 Å². The van der Waals surface area contributed by atoms with Crippen LogP contribution in [0.15, 0.2) is 0 Å². The molecule has 0 aromatic rings. The van der Waals surface area contributed by atoms with Crippen LogP contribution in [0.5, 0.6) is 0 Å². The van der Waals surface area contributed by atoms with Crippen molar-refractivity contribution in [2.75, 3.05) is 0 Å². The molecule has 3 fully saturated rings. The van der Waals surface area contributed by atoms with Gasteiger partial charge < -0.3 is 4.74 Å². The van der Waals surface area contributed by atoms with Gasteiger partial charge in [-0.1, -0.05) is 27.7 Å². The van der Waals surface area contributed by atoms with Gasteiger partial charge in [-0.2, -0.15) is 8.42 Å². The smallest absolute Gasteiger partial charge is 0.273 e. The first-order chi connectivity index (χ1) is 8.20. The number of hydrogen-bond donors (Lipinski definition) is 0. The molecule has 0 aliphatic carbocycles. The van der Waals surface area contributed by atoms with E-state index >= 15 is 0 Å². The van der Waals surface area contributed by atoms with E-state index in [0.717, 1.165) is 0 Å². The molecule has 3 rings (SSSR count). The Morgan fingerprint density at radius 2 is 1.56 bits per heavy atom. The summed E-state index contributed by atoms with van der Waals surface area (Å²) >= 11 is 0. The Balaban J connectivity index is 2.14. The highest BCUT2D eigenvalue weighted by Gasteiger charge is 2.75. The molecule has 0 saturated carbocycles. The zero-order valence-electron chi connectivity index (χ0n) is 11.6. The molecular formula is C13H22O4S. The normalized spacial score (nSPS) is 52.7. The Kier molecular flexibility index (Phi) is 2.50. The third-order valence-electron chi connectivity index (χ3n) is 5.08. The second-order valence-corrected chi connectivity index (χ2v) is 8.55. The molecule has 4 nitrogen and oxygen atoms in total. The molecule has 5 heteroatoms. The molecule has 2 bridgehead atoms. The van der Waals surface area contributed by atoms with E-state index in [1.54, 1.807) is 0 Å². The molecule has 0 amide bonds. The molecule has 0 spiro atoms. The van der Waals surface area contributed by atoms with E-state index in [1.807, 2.05) is 0 Å². The number of fused-ring (bicyclic) bond motifs is 1. The van der Waals surface area contributed by atoms with E-state index in [-0.39, 0.29) is 35.6 Å². The fourth-order valence-electron chi connectivity index (χ4n) is 4.81. The number of hydrogen-bond acceptors (Lipinski definition) is 4. The highest BCUT2D eigenvalue weighted by Crippen LogP contribution is 2.62. The lowest BCUT2D eigenvalue weighted by atomic mass is 9.63. The SMILES string of the molecule is CC(C)C1C2OS(=O)(=O)C3C2OC1(C)C3C(C)C. The second kappa shape index (κ2) is 3.49. The minimum atomic E-state index is -3.46. The van der Waals surface area contributed by atoms with Crippen LogP contribution in [0, 0.1) is 23.7 Å². The minimum Gasteiger partial charge on any atom is -0.367 e. The molecular weight excluding hydrogens is 252 g/mol. The predicted octanol–water partition coefficient (Wildman–Crippen LogP) is 1.80. The summed E-state index contributed by atoms with van der Waals surface area (Å²) in [4.78, 5) is 0. The quantitative estimate of drug-likeness (QED) is 0.721. The molecule has 0 N–H and O–H groups in total. The summed E-state index contributed by atoms with van der Waals surface area (Å²) in [5, 5.41) is -0.456. The van der Waals surface area contributed by atoms with Crippen LogP contribution in [0.25, 0.3) is 0 Å². The Hall–Kier alpha value is -0.130. The van der Waals surface area contributed by atoms with Crippen LogP contribution in [0.2, 0.25) is 0 Å². The van der Waals surface area contributed by atoms with Crippen LogP contribution in [0.3, 0.4) is 0 Å². The van der Waals surface area contributed by atoms with Crippen molar-refractivity contribution in [2.45, 2.75) is 57.7 Å². The Morgan fingerprint density at radius 1 is 1.00 bits per heavy atom. The summed E-state index contributed by atoms with van der Waals surface area (Å²) in [5.74, 6) is 0.853. The lowest BCUT2D eigenvalue weighted by Gasteiger charge is -2.41. The summed E-state index contributed by atoms with van der Waals surface area (Å²) in [5.41, 5.74) is -0.355. The first-order valence-corrected chi connectivity index (χ1v) is 8.27. The third kappa shape index (κ3) is 1.30. The summed E-state index contributed by atoms with van der Waals surface area (Å²) in [7, 11) is -3.46. The number of ether oxygens (including phenoxy) is 1. The van der Waals surface area contributed by atoms with Crippen LogP contribution in [0.1, 0.15) is 34.6 Å². The molecule has 18 heavy (non-hydrogen) atoms. The van der Waals surface area contributed by atoms with Gasteiger partial charge in [-0.15, -0.1) is 0 Å². The Bertz CT molecular complexity index is 469. The monoisotopic (exact) mass is 274 g/mol. The summed E-state index contributed by atoms with van der Waals surface area (Å²) < 4.78 is 35.9. The molecule has 0 aromatic heterocycles. The van der Waals surface area contributed by atoms with Gasteiger partial charge in [0.25, 0.3) is 10.1 Å². The van der Waals surface area contributed by atoms with Gasteiger partial charge in [-0.25, -0.2) is 0 Å². The van der Waals surface area contributed by atoms with E-state index in [0.29, 0.717) is 5.92 Å². The van der Waals surface area contributed by atoms with Crippen molar-refractivity contribution < 1.29 is 17.3 Å². The Morgan fingerprint density at radius 3 is 2.06 bits per heavy atom. The first kappa shape index (κ1) is 12.9. The molecule has 6 atom stereocenters. The van der Waals surface area contributed by atoms with Crippen molar-refractivity contribution in [3.05, 3.63) is 0 Å². The van der Waals surface area contributed by atoms with Crippen molar-refractivity contribution in [2.24, 2.45) is 23.7 Å². The molecule has 3 heterocycles. The number of rotatable bonds is 2. The average Bonchev–Trinajstić information content (AvgIpc) is 2.68.